The fraction of sp³-hybridized carbons (Fsp3) is 0.500. The van der Waals surface area contributed by atoms with Gasteiger partial charge in [-0.15, -0.1) is 0 Å². The fourth-order valence-corrected chi connectivity index (χ4v) is 5.59. The van der Waals surface area contributed by atoms with Crippen molar-refractivity contribution in [2.24, 2.45) is 11.8 Å². The van der Waals surface area contributed by atoms with Crippen LogP contribution in [0.25, 0.3) is 11.3 Å². The number of hydrogen-bond donors (Lipinski definition) is 2. The SMILES string of the molecule is CCC1CCC(C(=O)Nc2cnn(C3CCN(C(=O)c4cc(-c5ccc(C(F)(F)F)cc5)n[nH]4)CC3)c2)CC1. The first kappa shape index (κ1) is 27.0. The first-order chi connectivity index (χ1) is 18.7. The Morgan fingerprint density at radius 2 is 1.74 bits per heavy atom. The van der Waals surface area contributed by atoms with E-state index in [0.29, 0.717) is 48.6 Å². The van der Waals surface area contributed by atoms with Crippen LogP contribution in [-0.4, -0.2) is 49.8 Å². The van der Waals surface area contributed by atoms with E-state index in [1.807, 2.05) is 10.9 Å². The van der Waals surface area contributed by atoms with Gasteiger partial charge in [-0.3, -0.25) is 19.4 Å². The minimum Gasteiger partial charge on any atom is -0.337 e. The molecule has 1 saturated carbocycles. The van der Waals surface area contributed by atoms with Crippen molar-refractivity contribution >= 4 is 17.5 Å². The summed E-state index contributed by atoms with van der Waals surface area (Å²) in [5.74, 6) is 0.668. The van der Waals surface area contributed by atoms with Gasteiger partial charge in [0.1, 0.15) is 5.69 Å². The third-order valence-electron chi connectivity index (χ3n) is 8.11. The first-order valence-corrected chi connectivity index (χ1v) is 13.6. The van der Waals surface area contributed by atoms with E-state index in [9.17, 15) is 22.8 Å². The average Bonchev–Trinajstić information content (AvgIpc) is 3.63. The van der Waals surface area contributed by atoms with Crippen molar-refractivity contribution in [1.29, 1.82) is 0 Å². The number of nitrogens with one attached hydrogen (secondary N) is 2. The summed E-state index contributed by atoms with van der Waals surface area (Å²) in [5.41, 5.74) is 1.16. The Morgan fingerprint density at radius 1 is 1.05 bits per heavy atom. The van der Waals surface area contributed by atoms with E-state index >= 15 is 0 Å². The van der Waals surface area contributed by atoms with Crippen LogP contribution in [0.5, 0.6) is 0 Å². The van der Waals surface area contributed by atoms with E-state index in [2.05, 4.69) is 27.5 Å². The van der Waals surface area contributed by atoms with Gasteiger partial charge in [0, 0.05) is 30.8 Å². The van der Waals surface area contributed by atoms with Gasteiger partial charge in [0.05, 0.1) is 29.2 Å². The molecule has 5 rings (SSSR count). The Balaban J connectivity index is 1.13. The fourth-order valence-electron chi connectivity index (χ4n) is 5.59. The van der Waals surface area contributed by atoms with Gasteiger partial charge in [0.15, 0.2) is 0 Å². The minimum absolute atomic E-state index is 0.0626. The lowest BCUT2D eigenvalue weighted by Gasteiger charge is -2.31. The molecule has 0 radical (unpaired) electrons. The van der Waals surface area contributed by atoms with Gasteiger partial charge in [0.25, 0.3) is 5.91 Å². The zero-order valence-electron chi connectivity index (χ0n) is 21.9. The summed E-state index contributed by atoms with van der Waals surface area (Å²) in [6.07, 6.45) is 5.83. The molecule has 2 aliphatic rings. The summed E-state index contributed by atoms with van der Waals surface area (Å²) in [6.45, 7) is 3.26. The van der Waals surface area contributed by atoms with Gasteiger partial charge >= 0.3 is 6.18 Å². The van der Waals surface area contributed by atoms with Crippen molar-refractivity contribution in [2.75, 3.05) is 18.4 Å². The molecule has 11 heteroatoms. The minimum atomic E-state index is -4.41. The summed E-state index contributed by atoms with van der Waals surface area (Å²) >= 11 is 0. The molecule has 3 aromatic rings. The Labute approximate surface area is 225 Å². The smallest absolute Gasteiger partial charge is 0.337 e. The number of aromatic nitrogens is 4. The highest BCUT2D eigenvalue weighted by Crippen LogP contribution is 2.32. The number of hydrogen-bond acceptors (Lipinski definition) is 4. The standard InChI is InChI=1S/C28H33F3N6O2/c1-2-18-3-5-20(6-4-18)26(38)33-22-16-32-37(17-22)23-11-13-36(14-12-23)27(39)25-15-24(34-35-25)19-7-9-21(10-8-19)28(29,30)31/h7-10,15-18,20,23H,2-6,11-14H2,1H3,(H,33,38)(H,34,35). The van der Waals surface area contributed by atoms with Crippen LogP contribution in [0.4, 0.5) is 18.9 Å². The number of halogens is 3. The molecule has 2 aromatic heterocycles. The second-order valence-corrected chi connectivity index (χ2v) is 10.6. The predicted molar refractivity (Wildman–Crippen MR) is 140 cm³/mol. The number of carbonyl (C=O) groups is 2. The largest absolute Gasteiger partial charge is 0.416 e. The van der Waals surface area contributed by atoms with Gasteiger partial charge in [-0.2, -0.15) is 23.4 Å². The number of amides is 2. The molecule has 0 spiro atoms. The monoisotopic (exact) mass is 542 g/mol. The summed E-state index contributed by atoms with van der Waals surface area (Å²) in [4.78, 5) is 27.5. The molecule has 1 aliphatic heterocycles. The lowest BCUT2D eigenvalue weighted by atomic mass is 9.80. The normalized spacial score (nSPS) is 20.7. The van der Waals surface area contributed by atoms with E-state index in [0.717, 1.165) is 43.7 Å². The van der Waals surface area contributed by atoms with Gasteiger partial charge in [0.2, 0.25) is 5.91 Å². The molecule has 1 aliphatic carbocycles. The van der Waals surface area contributed by atoms with Gasteiger partial charge < -0.3 is 10.2 Å². The van der Waals surface area contributed by atoms with Crippen molar-refractivity contribution in [3.63, 3.8) is 0 Å². The predicted octanol–water partition coefficient (Wildman–Crippen LogP) is 5.92. The van der Waals surface area contributed by atoms with Crippen LogP contribution in [0.1, 0.15) is 74.0 Å². The molecule has 2 N–H and O–H groups in total. The third kappa shape index (κ3) is 6.17. The average molecular weight is 543 g/mol. The molecule has 0 atom stereocenters. The highest BCUT2D eigenvalue weighted by Gasteiger charge is 2.31. The van der Waals surface area contributed by atoms with E-state index in [-0.39, 0.29) is 23.8 Å². The van der Waals surface area contributed by atoms with Crippen LogP contribution in [0.15, 0.2) is 42.7 Å². The number of rotatable bonds is 6. The zero-order chi connectivity index (χ0) is 27.6. The molecule has 1 aromatic carbocycles. The number of likely N-dealkylation sites (tertiary alicyclic amines) is 1. The van der Waals surface area contributed by atoms with E-state index in [4.69, 9.17) is 0 Å². The van der Waals surface area contributed by atoms with Crippen molar-refractivity contribution < 1.29 is 22.8 Å². The number of nitrogens with zero attached hydrogens (tertiary/aromatic N) is 4. The maximum atomic E-state index is 13.0. The second kappa shape index (κ2) is 11.2. The number of aromatic amines is 1. The van der Waals surface area contributed by atoms with Crippen LogP contribution in [0.2, 0.25) is 0 Å². The van der Waals surface area contributed by atoms with E-state index in [1.165, 1.54) is 18.6 Å². The molecule has 39 heavy (non-hydrogen) atoms. The lowest BCUT2D eigenvalue weighted by Crippen LogP contribution is -2.39. The van der Waals surface area contributed by atoms with Crippen LogP contribution in [-0.2, 0) is 11.0 Å². The number of benzene rings is 1. The highest BCUT2D eigenvalue weighted by atomic mass is 19.4. The molecule has 8 nitrogen and oxygen atoms in total. The van der Waals surface area contributed by atoms with Gasteiger partial charge in [-0.25, -0.2) is 0 Å². The van der Waals surface area contributed by atoms with E-state index in [1.54, 1.807) is 17.2 Å². The zero-order valence-corrected chi connectivity index (χ0v) is 21.9. The van der Waals surface area contributed by atoms with E-state index < -0.39 is 11.7 Å². The molecule has 2 amide bonds. The topological polar surface area (TPSA) is 95.9 Å². The molecule has 1 saturated heterocycles. The molecule has 2 fully saturated rings. The van der Waals surface area contributed by atoms with Crippen molar-refractivity contribution in [3.8, 4) is 11.3 Å². The van der Waals surface area contributed by atoms with Crippen LogP contribution in [0.3, 0.4) is 0 Å². The van der Waals surface area contributed by atoms with Gasteiger partial charge in [-0.05, 0) is 62.6 Å². The highest BCUT2D eigenvalue weighted by molar-refractivity contribution is 5.93. The summed E-state index contributed by atoms with van der Waals surface area (Å²) in [6, 6.07) is 6.37. The molecule has 0 unspecified atom stereocenters. The summed E-state index contributed by atoms with van der Waals surface area (Å²) in [7, 11) is 0. The maximum Gasteiger partial charge on any atom is 0.416 e. The quantitative estimate of drug-likeness (QED) is 0.404. The summed E-state index contributed by atoms with van der Waals surface area (Å²) in [5, 5.41) is 14.3. The molecule has 208 valence electrons. The van der Waals surface area contributed by atoms with Crippen molar-refractivity contribution in [2.45, 2.75) is 64.1 Å². The van der Waals surface area contributed by atoms with Crippen LogP contribution in [0, 0.1) is 11.8 Å². The Morgan fingerprint density at radius 3 is 2.38 bits per heavy atom. The number of H-pyrrole nitrogens is 1. The number of carbonyl (C=O) groups excluding carboxylic acids is 2. The van der Waals surface area contributed by atoms with Crippen LogP contribution >= 0.6 is 0 Å². The molecular formula is C28H33F3N6O2. The molecular weight excluding hydrogens is 509 g/mol. The van der Waals surface area contributed by atoms with Crippen molar-refractivity contribution in [1.82, 2.24) is 24.9 Å². The Hall–Kier alpha value is -3.63. The lowest BCUT2D eigenvalue weighted by molar-refractivity contribution is -0.137. The Bertz CT molecular complexity index is 1280. The van der Waals surface area contributed by atoms with Gasteiger partial charge in [-0.1, -0.05) is 25.5 Å². The summed E-state index contributed by atoms with van der Waals surface area (Å²) < 4.78 is 40.3. The first-order valence-electron chi connectivity index (χ1n) is 13.6. The third-order valence-corrected chi connectivity index (χ3v) is 8.11. The number of alkyl halides is 3. The molecule has 0 bridgehead atoms. The number of anilines is 1. The molecule has 3 heterocycles. The van der Waals surface area contributed by atoms with Crippen LogP contribution < -0.4 is 5.32 Å². The van der Waals surface area contributed by atoms with Crippen molar-refractivity contribution in [3.05, 3.63) is 54.0 Å². The Kier molecular flexibility index (Phi) is 7.76. The second-order valence-electron chi connectivity index (χ2n) is 10.6. The number of piperidine rings is 1. The maximum absolute atomic E-state index is 13.0.